The highest BCUT2D eigenvalue weighted by Gasteiger charge is 2.32. The molecule has 0 saturated carbocycles. The number of H-pyrrole nitrogens is 1. The number of nitrogens with zero attached hydrogens (tertiary/aromatic N) is 2. The number of imidazole rings is 1. The Hall–Kier alpha value is -2.09. The zero-order chi connectivity index (χ0) is 15.9. The van der Waals surface area contributed by atoms with Gasteiger partial charge in [-0.15, -0.1) is 0 Å². The molecule has 2 atom stereocenters. The molecule has 2 unspecified atom stereocenters. The van der Waals surface area contributed by atoms with E-state index in [2.05, 4.69) is 27.5 Å². The average Bonchev–Trinajstić information content (AvgIpc) is 3.03. The Morgan fingerprint density at radius 2 is 2.32 bits per heavy atom. The number of rotatable bonds is 6. The molecule has 0 aromatic carbocycles. The van der Waals surface area contributed by atoms with Crippen molar-refractivity contribution in [3.63, 3.8) is 0 Å². The van der Waals surface area contributed by atoms with Crippen molar-refractivity contribution in [3.8, 4) is 0 Å². The molecule has 1 fully saturated rings. The standard InChI is InChI=1S/C14H23N5O3/c1-2-3-5-15-11-9-19(14(21)22)8-4-10(11)18-13(20)12-16-6-7-17-12/h6-7,10-11,15H,2-5,8-9H2,1H3,(H,16,17)(H,18,20)(H,21,22). The molecule has 1 aromatic heterocycles. The van der Waals surface area contributed by atoms with Crippen LogP contribution in [0.15, 0.2) is 12.4 Å². The lowest BCUT2D eigenvalue weighted by molar-refractivity contribution is 0.0862. The minimum absolute atomic E-state index is 0.0877. The van der Waals surface area contributed by atoms with E-state index in [-0.39, 0.29) is 23.8 Å². The van der Waals surface area contributed by atoms with Gasteiger partial charge in [0.2, 0.25) is 0 Å². The zero-order valence-corrected chi connectivity index (χ0v) is 12.7. The summed E-state index contributed by atoms with van der Waals surface area (Å²) in [4.78, 5) is 31.3. The molecular formula is C14H23N5O3. The van der Waals surface area contributed by atoms with Crippen LogP contribution in [0.4, 0.5) is 4.79 Å². The van der Waals surface area contributed by atoms with Gasteiger partial charge in [0, 0.05) is 37.6 Å². The largest absolute Gasteiger partial charge is 0.465 e. The normalized spacial score (nSPS) is 21.6. The van der Waals surface area contributed by atoms with E-state index in [1.807, 2.05) is 0 Å². The maximum atomic E-state index is 12.1. The summed E-state index contributed by atoms with van der Waals surface area (Å²) in [7, 11) is 0. The van der Waals surface area contributed by atoms with Gasteiger partial charge < -0.3 is 25.6 Å². The Balaban J connectivity index is 1.96. The van der Waals surface area contributed by atoms with Crippen LogP contribution in [0.3, 0.4) is 0 Å². The van der Waals surface area contributed by atoms with Gasteiger partial charge in [0.05, 0.1) is 0 Å². The van der Waals surface area contributed by atoms with E-state index >= 15 is 0 Å². The van der Waals surface area contributed by atoms with E-state index in [0.29, 0.717) is 19.5 Å². The number of aromatic amines is 1. The number of hydrogen-bond donors (Lipinski definition) is 4. The lowest BCUT2D eigenvalue weighted by Crippen LogP contribution is -2.60. The first-order valence-electron chi connectivity index (χ1n) is 7.63. The number of carbonyl (C=O) groups is 2. The fourth-order valence-electron chi connectivity index (χ4n) is 2.60. The van der Waals surface area contributed by atoms with E-state index in [1.165, 1.54) is 11.1 Å². The Labute approximate surface area is 129 Å². The molecule has 1 saturated heterocycles. The van der Waals surface area contributed by atoms with Crippen LogP contribution in [0.5, 0.6) is 0 Å². The summed E-state index contributed by atoms with van der Waals surface area (Å²) in [5.74, 6) is 0.00837. The second-order valence-corrected chi connectivity index (χ2v) is 5.45. The van der Waals surface area contributed by atoms with Crippen molar-refractivity contribution in [3.05, 3.63) is 18.2 Å². The third-order valence-electron chi connectivity index (χ3n) is 3.85. The molecule has 0 bridgehead atoms. The van der Waals surface area contributed by atoms with Gasteiger partial charge in [-0.1, -0.05) is 13.3 Å². The summed E-state index contributed by atoms with van der Waals surface area (Å²) in [5, 5.41) is 15.4. The second kappa shape index (κ2) is 7.79. The Kier molecular flexibility index (Phi) is 5.76. The summed E-state index contributed by atoms with van der Waals surface area (Å²) in [5.41, 5.74) is 0. The highest BCUT2D eigenvalue weighted by Crippen LogP contribution is 2.12. The van der Waals surface area contributed by atoms with Gasteiger partial charge in [-0.3, -0.25) is 4.79 Å². The van der Waals surface area contributed by atoms with Crippen molar-refractivity contribution in [2.75, 3.05) is 19.6 Å². The molecule has 2 amide bonds. The van der Waals surface area contributed by atoms with Gasteiger partial charge in [-0.2, -0.15) is 0 Å². The van der Waals surface area contributed by atoms with Gasteiger partial charge in [0.1, 0.15) is 0 Å². The van der Waals surface area contributed by atoms with E-state index < -0.39 is 6.09 Å². The van der Waals surface area contributed by atoms with Crippen molar-refractivity contribution in [1.82, 2.24) is 25.5 Å². The van der Waals surface area contributed by atoms with E-state index in [0.717, 1.165) is 19.4 Å². The SMILES string of the molecule is CCCCNC1CN(C(=O)O)CCC1NC(=O)c1ncc[nH]1. The molecule has 8 nitrogen and oxygen atoms in total. The van der Waals surface area contributed by atoms with Crippen molar-refractivity contribution in [2.45, 2.75) is 38.3 Å². The van der Waals surface area contributed by atoms with Gasteiger partial charge >= 0.3 is 6.09 Å². The maximum absolute atomic E-state index is 12.1. The number of nitrogens with one attached hydrogen (secondary N) is 3. The molecular weight excluding hydrogens is 286 g/mol. The first-order chi connectivity index (χ1) is 10.6. The van der Waals surface area contributed by atoms with Crippen LogP contribution in [0, 0.1) is 0 Å². The third-order valence-corrected chi connectivity index (χ3v) is 3.85. The van der Waals surface area contributed by atoms with Crippen LogP contribution in [0.1, 0.15) is 36.8 Å². The quantitative estimate of drug-likeness (QED) is 0.577. The topological polar surface area (TPSA) is 110 Å². The van der Waals surface area contributed by atoms with Crippen LogP contribution >= 0.6 is 0 Å². The molecule has 0 spiro atoms. The molecule has 2 rings (SSSR count). The highest BCUT2D eigenvalue weighted by atomic mass is 16.4. The first-order valence-corrected chi connectivity index (χ1v) is 7.63. The zero-order valence-electron chi connectivity index (χ0n) is 12.7. The number of hydrogen-bond acceptors (Lipinski definition) is 4. The summed E-state index contributed by atoms with van der Waals surface area (Å²) < 4.78 is 0. The fraction of sp³-hybridized carbons (Fsp3) is 0.643. The van der Waals surface area contributed by atoms with Crippen LogP contribution < -0.4 is 10.6 Å². The number of carbonyl (C=O) groups excluding carboxylic acids is 1. The molecule has 1 aliphatic heterocycles. The summed E-state index contributed by atoms with van der Waals surface area (Å²) in [6.07, 6.45) is 4.87. The monoisotopic (exact) mass is 309 g/mol. The number of aromatic nitrogens is 2. The first kappa shape index (κ1) is 16.3. The van der Waals surface area contributed by atoms with Gasteiger partial charge in [0.25, 0.3) is 5.91 Å². The number of unbranched alkanes of at least 4 members (excludes halogenated alkanes) is 1. The average molecular weight is 309 g/mol. The molecule has 1 aliphatic rings. The Bertz CT molecular complexity index is 491. The van der Waals surface area contributed by atoms with Crippen LogP contribution in [0.2, 0.25) is 0 Å². The molecule has 22 heavy (non-hydrogen) atoms. The van der Waals surface area contributed by atoms with Crippen molar-refractivity contribution < 1.29 is 14.7 Å². The third kappa shape index (κ3) is 4.20. The van der Waals surface area contributed by atoms with Gasteiger partial charge in [-0.25, -0.2) is 9.78 Å². The number of piperidine rings is 1. The molecule has 122 valence electrons. The van der Waals surface area contributed by atoms with Crippen LogP contribution in [-0.2, 0) is 0 Å². The fourth-order valence-corrected chi connectivity index (χ4v) is 2.60. The maximum Gasteiger partial charge on any atom is 0.407 e. The van der Waals surface area contributed by atoms with E-state index in [1.54, 1.807) is 6.20 Å². The van der Waals surface area contributed by atoms with Crippen molar-refractivity contribution in [1.29, 1.82) is 0 Å². The summed E-state index contributed by atoms with van der Waals surface area (Å²) in [6.45, 7) is 3.70. The van der Waals surface area contributed by atoms with E-state index in [9.17, 15) is 9.59 Å². The van der Waals surface area contributed by atoms with Crippen LogP contribution in [-0.4, -0.2) is 63.7 Å². The predicted octanol–water partition coefficient (Wildman–Crippen LogP) is 0.650. The second-order valence-electron chi connectivity index (χ2n) is 5.45. The summed E-state index contributed by atoms with van der Waals surface area (Å²) in [6, 6.07) is -0.194. The lowest BCUT2D eigenvalue weighted by atomic mass is 9.99. The van der Waals surface area contributed by atoms with Crippen LogP contribution in [0.25, 0.3) is 0 Å². The molecule has 0 radical (unpaired) electrons. The molecule has 0 aliphatic carbocycles. The number of likely N-dealkylation sites (tertiary alicyclic amines) is 1. The Morgan fingerprint density at radius 1 is 1.50 bits per heavy atom. The minimum atomic E-state index is -0.918. The predicted molar refractivity (Wildman–Crippen MR) is 80.8 cm³/mol. The highest BCUT2D eigenvalue weighted by molar-refractivity contribution is 5.90. The number of amides is 2. The summed E-state index contributed by atoms with van der Waals surface area (Å²) >= 11 is 0. The smallest absolute Gasteiger partial charge is 0.407 e. The van der Waals surface area contributed by atoms with Gasteiger partial charge in [-0.05, 0) is 19.4 Å². The minimum Gasteiger partial charge on any atom is -0.465 e. The molecule has 8 heteroatoms. The van der Waals surface area contributed by atoms with Gasteiger partial charge in [0.15, 0.2) is 5.82 Å². The van der Waals surface area contributed by atoms with Crippen molar-refractivity contribution in [2.24, 2.45) is 0 Å². The Morgan fingerprint density at radius 3 is 2.95 bits per heavy atom. The molecule has 1 aromatic rings. The number of carboxylic acid groups (broad SMARTS) is 1. The lowest BCUT2D eigenvalue weighted by Gasteiger charge is -2.38. The van der Waals surface area contributed by atoms with E-state index in [4.69, 9.17) is 5.11 Å². The molecule has 2 heterocycles. The molecule has 4 N–H and O–H groups in total. The van der Waals surface area contributed by atoms with Crippen molar-refractivity contribution >= 4 is 12.0 Å².